The van der Waals surface area contributed by atoms with Crippen LogP contribution in [-0.4, -0.2) is 12.4 Å². The van der Waals surface area contributed by atoms with Crippen LogP contribution < -0.4 is 4.74 Å². The number of hydrogen-bond acceptors (Lipinski definition) is 2. The smallest absolute Gasteiger partial charge is 0.136 e. The zero-order chi connectivity index (χ0) is 13.8. The number of carbonyl (C=O) groups is 1. The Kier molecular flexibility index (Phi) is 4.62. The summed E-state index contributed by atoms with van der Waals surface area (Å²) in [5, 5.41) is 0. The zero-order valence-electron chi connectivity index (χ0n) is 12.2. The number of aryl methyl sites for hydroxylation is 1. The minimum atomic E-state index is 0.244. The molecule has 1 aromatic rings. The van der Waals surface area contributed by atoms with Crippen LogP contribution in [-0.2, 0) is 4.79 Å². The Morgan fingerprint density at radius 3 is 2.79 bits per heavy atom. The molecule has 0 aliphatic heterocycles. The maximum atomic E-state index is 11.6. The molecule has 2 nitrogen and oxygen atoms in total. The molecule has 1 atom stereocenters. The molecule has 0 saturated heterocycles. The maximum Gasteiger partial charge on any atom is 0.136 e. The number of benzene rings is 1. The van der Waals surface area contributed by atoms with E-state index in [1.807, 2.05) is 0 Å². The second-order valence-corrected chi connectivity index (χ2v) is 5.87. The van der Waals surface area contributed by atoms with Crippen molar-refractivity contribution in [1.82, 2.24) is 0 Å². The van der Waals surface area contributed by atoms with E-state index in [4.69, 9.17) is 4.74 Å². The fourth-order valence-corrected chi connectivity index (χ4v) is 2.64. The first-order valence-corrected chi connectivity index (χ1v) is 7.34. The number of ketones is 1. The quantitative estimate of drug-likeness (QED) is 0.791. The van der Waals surface area contributed by atoms with E-state index in [9.17, 15) is 4.79 Å². The van der Waals surface area contributed by atoms with Gasteiger partial charge in [0.05, 0.1) is 6.61 Å². The summed E-state index contributed by atoms with van der Waals surface area (Å²) in [4.78, 5) is 11.6. The van der Waals surface area contributed by atoms with Crippen molar-refractivity contribution in [3.05, 3.63) is 29.3 Å². The van der Waals surface area contributed by atoms with Crippen molar-refractivity contribution in [2.45, 2.75) is 52.4 Å². The van der Waals surface area contributed by atoms with Gasteiger partial charge in [-0.25, -0.2) is 0 Å². The third kappa shape index (κ3) is 3.59. The number of rotatable bonds is 5. The van der Waals surface area contributed by atoms with Gasteiger partial charge in [0.15, 0.2) is 0 Å². The van der Waals surface area contributed by atoms with Crippen LogP contribution in [0.25, 0.3) is 0 Å². The summed E-state index contributed by atoms with van der Waals surface area (Å²) in [5.41, 5.74) is 2.47. The summed E-state index contributed by atoms with van der Waals surface area (Å²) < 4.78 is 5.89. The lowest BCUT2D eigenvalue weighted by atomic mass is 10.0. The van der Waals surface area contributed by atoms with Gasteiger partial charge in [-0.15, -0.1) is 0 Å². The highest BCUT2D eigenvalue weighted by Crippen LogP contribution is 2.27. The molecule has 0 bridgehead atoms. The Balaban J connectivity index is 1.91. The Morgan fingerprint density at radius 2 is 2.16 bits per heavy atom. The average molecular weight is 260 g/mol. The molecule has 2 heteroatoms. The van der Waals surface area contributed by atoms with Crippen LogP contribution in [0.15, 0.2) is 18.2 Å². The predicted octanol–water partition coefficient (Wildman–Crippen LogP) is 4.26. The standard InChI is InChI=1S/C17H24O2/c1-12(2)15-8-7-13(3)17(11-15)19-10-9-14-5-4-6-16(14)18/h7-8,11-12,14H,4-6,9-10H2,1-3H3. The third-order valence-electron chi connectivity index (χ3n) is 4.03. The van der Waals surface area contributed by atoms with Gasteiger partial charge >= 0.3 is 0 Å². The largest absolute Gasteiger partial charge is 0.493 e. The first-order valence-electron chi connectivity index (χ1n) is 7.34. The lowest BCUT2D eigenvalue weighted by Crippen LogP contribution is -2.11. The van der Waals surface area contributed by atoms with Crippen LogP contribution in [0.5, 0.6) is 5.75 Å². The number of Topliss-reactive ketones (excluding diaryl/α,β-unsaturated/α-hetero) is 1. The van der Waals surface area contributed by atoms with Gasteiger partial charge in [-0.05, 0) is 49.3 Å². The number of ether oxygens (including phenoxy) is 1. The summed E-state index contributed by atoms with van der Waals surface area (Å²) >= 11 is 0. The molecule has 1 aromatic carbocycles. The maximum absolute atomic E-state index is 11.6. The molecule has 1 aliphatic carbocycles. The van der Waals surface area contributed by atoms with Crippen LogP contribution in [0.3, 0.4) is 0 Å². The molecule has 1 fully saturated rings. The Morgan fingerprint density at radius 1 is 1.37 bits per heavy atom. The molecule has 0 heterocycles. The van der Waals surface area contributed by atoms with Gasteiger partial charge in [0.25, 0.3) is 0 Å². The van der Waals surface area contributed by atoms with Crippen LogP contribution in [0, 0.1) is 12.8 Å². The molecular weight excluding hydrogens is 236 g/mol. The Hall–Kier alpha value is -1.31. The summed E-state index contributed by atoms with van der Waals surface area (Å²) in [5.74, 6) is 2.15. The second kappa shape index (κ2) is 6.23. The van der Waals surface area contributed by atoms with Crippen LogP contribution in [0.2, 0.25) is 0 Å². The first-order chi connectivity index (χ1) is 9.08. The van der Waals surface area contributed by atoms with E-state index < -0.39 is 0 Å². The van der Waals surface area contributed by atoms with Gasteiger partial charge in [0, 0.05) is 12.3 Å². The summed E-state index contributed by atoms with van der Waals surface area (Å²) in [6.07, 6.45) is 3.75. The summed E-state index contributed by atoms with van der Waals surface area (Å²) in [7, 11) is 0. The van der Waals surface area contributed by atoms with Crippen molar-refractivity contribution >= 4 is 5.78 Å². The van der Waals surface area contributed by atoms with E-state index in [2.05, 4.69) is 39.0 Å². The van der Waals surface area contributed by atoms with Crippen LogP contribution in [0.4, 0.5) is 0 Å². The van der Waals surface area contributed by atoms with E-state index >= 15 is 0 Å². The average Bonchev–Trinajstić information content (AvgIpc) is 2.77. The third-order valence-corrected chi connectivity index (χ3v) is 4.03. The van der Waals surface area contributed by atoms with Crippen molar-refractivity contribution < 1.29 is 9.53 Å². The van der Waals surface area contributed by atoms with Crippen molar-refractivity contribution in [3.63, 3.8) is 0 Å². The van der Waals surface area contributed by atoms with Crippen LogP contribution >= 0.6 is 0 Å². The molecule has 1 aliphatic rings. The molecule has 1 saturated carbocycles. The monoisotopic (exact) mass is 260 g/mol. The molecule has 0 amide bonds. The molecule has 0 aromatic heterocycles. The highest BCUT2D eigenvalue weighted by atomic mass is 16.5. The van der Waals surface area contributed by atoms with Gasteiger partial charge < -0.3 is 4.74 Å². The van der Waals surface area contributed by atoms with Crippen molar-refractivity contribution in [2.75, 3.05) is 6.61 Å². The molecular formula is C17H24O2. The molecule has 0 spiro atoms. The van der Waals surface area contributed by atoms with Gasteiger partial charge in [-0.1, -0.05) is 26.0 Å². The number of hydrogen-bond donors (Lipinski definition) is 0. The van der Waals surface area contributed by atoms with E-state index in [0.717, 1.165) is 31.4 Å². The fraction of sp³-hybridized carbons (Fsp3) is 0.588. The molecule has 0 N–H and O–H groups in total. The van der Waals surface area contributed by atoms with E-state index in [1.54, 1.807) is 0 Å². The number of carbonyl (C=O) groups excluding carboxylic acids is 1. The van der Waals surface area contributed by atoms with Gasteiger partial charge in [0.1, 0.15) is 11.5 Å². The second-order valence-electron chi connectivity index (χ2n) is 5.87. The predicted molar refractivity (Wildman–Crippen MR) is 77.7 cm³/mol. The highest BCUT2D eigenvalue weighted by Gasteiger charge is 2.23. The molecule has 1 unspecified atom stereocenters. The minimum Gasteiger partial charge on any atom is -0.493 e. The minimum absolute atomic E-state index is 0.244. The molecule has 104 valence electrons. The van der Waals surface area contributed by atoms with Gasteiger partial charge in [-0.2, -0.15) is 0 Å². The lowest BCUT2D eigenvalue weighted by molar-refractivity contribution is -0.121. The van der Waals surface area contributed by atoms with Crippen molar-refractivity contribution in [1.29, 1.82) is 0 Å². The molecule has 19 heavy (non-hydrogen) atoms. The Bertz CT molecular complexity index is 449. The zero-order valence-corrected chi connectivity index (χ0v) is 12.2. The normalized spacial score (nSPS) is 19.2. The Labute approximate surface area is 116 Å². The van der Waals surface area contributed by atoms with Gasteiger partial charge in [-0.3, -0.25) is 4.79 Å². The SMILES string of the molecule is Cc1ccc(C(C)C)cc1OCCC1CCCC1=O. The molecule has 2 rings (SSSR count). The fourth-order valence-electron chi connectivity index (χ4n) is 2.64. The topological polar surface area (TPSA) is 26.3 Å². The van der Waals surface area contributed by atoms with Crippen molar-refractivity contribution in [2.24, 2.45) is 5.92 Å². The molecule has 0 radical (unpaired) electrons. The summed E-state index contributed by atoms with van der Waals surface area (Å²) in [6.45, 7) is 7.09. The summed E-state index contributed by atoms with van der Waals surface area (Å²) in [6, 6.07) is 6.41. The van der Waals surface area contributed by atoms with Crippen molar-refractivity contribution in [3.8, 4) is 5.75 Å². The van der Waals surface area contributed by atoms with E-state index in [1.165, 1.54) is 11.1 Å². The van der Waals surface area contributed by atoms with E-state index in [0.29, 0.717) is 18.3 Å². The van der Waals surface area contributed by atoms with Gasteiger partial charge in [0.2, 0.25) is 0 Å². The highest BCUT2D eigenvalue weighted by molar-refractivity contribution is 5.82. The first kappa shape index (κ1) is 14.1. The van der Waals surface area contributed by atoms with Crippen LogP contribution in [0.1, 0.15) is 56.6 Å². The van der Waals surface area contributed by atoms with E-state index in [-0.39, 0.29) is 5.92 Å². The lowest BCUT2D eigenvalue weighted by Gasteiger charge is -2.14.